The van der Waals surface area contributed by atoms with E-state index in [0.29, 0.717) is 13.0 Å². The summed E-state index contributed by atoms with van der Waals surface area (Å²) < 4.78 is 4.95. The third kappa shape index (κ3) is 6.53. The van der Waals surface area contributed by atoms with Crippen LogP contribution >= 0.6 is 0 Å². The van der Waals surface area contributed by atoms with Gasteiger partial charge in [0.2, 0.25) is 0 Å². The van der Waals surface area contributed by atoms with Gasteiger partial charge in [0.15, 0.2) is 0 Å². The minimum absolute atomic E-state index is 0.0941. The second-order valence-electron chi connectivity index (χ2n) is 6.03. The van der Waals surface area contributed by atoms with Crippen molar-refractivity contribution in [2.75, 3.05) is 18.1 Å². The molecule has 5 heteroatoms. The first-order valence-electron chi connectivity index (χ1n) is 8.96. The Hall–Kier alpha value is -2.43. The number of hydrogen-bond donors (Lipinski definition) is 0. The van der Waals surface area contributed by atoms with Gasteiger partial charge in [-0.2, -0.15) is 0 Å². The molecule has 0 aliphatic rings. The number of carbonyl (C=O) groups is 1. The molecule has 0 amide bonds. The number of pyridine rings is 2. The largest absolute Gasteiger partial charge is 0.466 e. The SMILES string of the molecule is CCOC(=O)CCCCCCN(c1cccnc1)c1ccc(C)cn1. The van der Waals surface area contributed by atoms with Crippen molar-refractivity contribution in [2.45, 2.75) is 46.0 Å². The van der Waals surface area contributed by atoms with E-state index >= 15 is 0 Å². The summed E-state index contributed by atoms with van der Waals surface area (Å²) in [4.78, 5) is 22.3. The fourth-order valence-electron chi connectivity index (χ4n) is 2.63. The van der Waals surface area contributed by atoms with Gasteiger partial charge in [-0.25, -0.2) is 4.98 Å². The number of unbranched alkanes of at least 4 members (excludes halogenated alkanes) is 3. The molecule has 0 saturated carbocycles. The van der Waals surface area contributed by atoms with Crippen molar-refractivity contribution in [1.29, 1.82) is 0 Å². The van der Waals surface area contributed by atoms with Gasteiger partial charge in [0.1, 0.15) is 5.82 Å². The molecule has 2 aromatic rings. The molecule has 0 unspecified atom stereocenters. The van der Waals surface area contributed by atoms with E-state index in [9.17, 15) is 4.79 Å². The van der Waals surface area contributed by atoms with Crippen molar-refractivity contribution in [2.24, 2.45) is 0 Å². The van der Waals surface area contributed by atoms with E-state index in [1.54, 1.807) is 6.20 Å². The third-order valence-corrected chi connectivity index (χ3v) is 3.95. The molecule has 0 aliphatic carbocycles. The lowest BCUT2D eigenvalue weighted by molar-refractivity contribution is -0.143. The lowest BCUT2D eigenvalue weighted by atomic mass is 10.1. The summed E-state index contributed by atoms with van der Waals surface area (Å²) in [6, 6.07) is 8.11. The normalized spacial score (nSPS) is 10.5. The highest BCUT2D eigenvalue weighted by Gasteiger charge is 2.10. The number of hydrogen-bond acceptors (Lipinski definition) is 5. The predicted octanol–water partition coefficient (Wildman–Crippen LogP) is 4.44. The van der Waals surface area contributed by atoms with Crippen LogP contribution in [0.2, 0.25) is 0 Å². The zero-order valence-corrected chi connectivity index (χ0v) is 15.1. The molecule has 134 valence electrons. The van der Waals surface area contributed by atoms with Crippen molar-refractivity contribution in [1.82, 2.24) is 9.97 Å². The zero-order valence-electron chi connectivity index (χ0n) is 15.1. The molecule has 25 heavy (non-hydrogen) atoms. The molecule has 0 saturated heterocycles. The van der Waals surface area contributed by atoms with Crippen LogP contribution in [0.4, 0.5) is 11.5 Å². The van der Waals surface area contributed by atoms with Gasteiger partial charge in [-0.3, -0.25) is 9.78 Å². The summed E-state index contributed by atoms with van der Waals surface area (Å²) in [5.41, 5.74) is 2.19. The third-order valence-electron chi connectivity index (χ3n) is 3.95. The van der Waals surface area contributed by atoms with Crippen LogP contribution in [-0.2, 0) is 9.53 Å². The van der Waals surface area contributed by atoms with E-state index in [0.717, 1.165) is 49.3 Å². The van der Waals surface area contributed by atoms with Gasteiger partial charge in [-0.1, -0.05) is 18.9 Å². The molecule has 0 aromatic carbocycles. The van der Waals surface area contributed by atoms with Crippen molar-refractivity contribution in [3.63, 3.8) is 0 Å². The van der Waals surface area contributed by atoms with E-state index in [4.69, 9.17) is 4.74 Å². The van der Waals surface area contributed by atoms with Crippen LogP contribution < -0.4 is 4.90 Å². The maximum absolute atomic E-state index is 11.3. The van der Waals surface area contributed by atoms with Gasteiger partial charge in [0.05, 0.1) is 18.5 Å². The Bertz CT molecular complexity index is 629. The van der Waals surface area contributed by atoms with Gasteiger partial charge in [-0.15, -0.1) is 0 Å². The average Bonchev–Trinajstić information content (AvgIpc) is 2.63. The van der Waals surface area contributed by atoms with Crippen molar-refractivity contribution in [3.05, 3.63) is 48.4 Å². The smallest absolute Gasteiger partial charge is 0.305 e. The lowest BCUT2D eigenvalue weighted by Crippen LogP contribution is -2.19. The summed E-state index contributed by atoms with van der Waals surface area (Å²) in [5.74, 6) is 0.841. The molecule has 2 heterocycles. The Morgan fingerprint density at radius 2 is 1.96 bits per heavy atom. The number of anilines is 2. The molecular weight excluding hydrogens is 314 g/mol. The second-order valence-corrected chi connectivity index (χ2v) is 6.03. The Morgan fingerprint density at radius 3 is 2.64 bits per heavy atom. The van der Waals surface area contributed by atoms with Gasteiger partial charge in [-0.05, 0) is 50.5 Å². The topological polar surface area (TPSA) is 55.3 Å². The Balaban J connectivity index is 1.85. The number of carbonyl (C=O) groups excluding carboxylic acids is 1. The summed E-state index contributed by atoms with van der Waals surface area (Å²) in [5, 5.41) is 0. The maximum atomic E-state index is 11.3. The molecule has 0 bridgehead atoms. The maximum Gasteiger partial charge on any atom is 0.305 e. The highest BCUT2D eigenvalue weighted by molar-refractivity contribution is 5.69. The molecule has 2 aromatic heterocycles. The number of aryl methyl sites for hydroxylation is 1. The van der Waals surface area contributed by atoms with Crippen LogP contribution in [0.15, 0.2) is 42.9 Å². The van der Waals surface area contributed by atoms with Crippen LogP contribution in [0.25, 0.3) is 0 Å². The summed E-state index contributed by atoms with van der Waals surface area (Å²) in [6.07, 6.45) is 10.1. The van der Waals surface area contributed by atoms with Gasteiger partial charge in [0.25, 0.3) is 0 Å². The van der Waals surface area contributed by atoms with Crippen LogP contribution in [0, 0.1) is 6.92 Å². The highest BCUT2D eigenvalue weighted by atomic mass is 16.5. The first-order valence-corrected chi connectivity index (χ1v) is 8.96. The van der Waals surface area contributed by atoms with Crippen molar-refractivity contribution >= 4 is 17.5 Å². The molecule has 2 rings (SSSR count). The summed E-state index contributed by atoms with van der Waals surface area (Å²) in [6.45, 7) is 5.21. The molecule has 0 fully saturated rings. The second kappa shape index (κ2) is 10.4. The number of aromatic nitrogens is 2. The Labute approximate surface area is 150 Å². The van der Waals surface area contributed by atoms with E-state index in [1.807, 2.05) is 38.4 Å². The van der Waals surface area contributed by atoms with E-state index in [2.05, 4.69) is 27.0 Å². The summed E-state index contributed by atoms with van der Waals surface area (Å²) >= 11 is 0. The van der Waals surface area contributed by atoms with E-state index in [1.165, 1.54) is 0 Å². The fourth-order valence-corrected chi connectivity index (χ4v) is 2.63. The Kier molecular flexibility index (Phi) is 7.89. The molecule has 5 nitrogen and oxygen atoms in total. The van der Waals surface area contributed by atoms with Crippen LogP contribution in [0.1, 0.15) is 44.6 Å². The van der Waals surface area contributed by atoms with Crippen LogP contribution in [0.5, 0.6) is 0 Å². The highest BCUT2D eigenvalue weighted by Crippen LogP contribution is 2.23. The Morgan fingerprint density at radius 1 is 1.12 bits per heavy atom. The van der Waals surface area contributed by atoms with Gasteiger partial charge >= 0.3 is 5.97 Å². The quantitative estimate of drug-likeness (QED) is 0.472. The first kappa shape index (κ1) is 18.9. The van der Waals surface area contributed by atoms with Crippen LogP contribution in [0.3, 0.4) is 0 Å². The molecule has 0 atom stereocenters. The number of nitrogens with zero attached hydrogens (tertiary/aromatic N) is 3. The predicted molar refractivity (Wildman–Crippen MR) is 99.9 cm³/mol. The molecular formula is C20H27N3O2. The first-order chi connectivity index (χ1) is 12.2. The zero-order chi connectivity index (χ0) is 17.9. The van der Waals surface area contributed by atoms with Crippen molar-refractivity contribution in [3.8, 4) is 0 Å². The molecule has 0 aliphatic heterocycles. The number of rotatable bonds is 10. The fraction of sp³-hybridized carbons (Fsp3) is 0.450. The molecule has 0 N–H and O–H groups in total. The number of esters is 1. The number of ether oxygens (including phenoxy) is 1. The van der Waals surface area contributed by atoms with E-state index < -0.39 is 0 Å². The molecule has 0 spiro atoms. The minimum atomic E-state index is -0.0941. The minimum Gasteiger partial charge on any atom is -0.466 e. The molecule has 0 radical (unpaired) electrons. The van der Waals surface area contributed by atoms with E-state index in [-0.39, 0.29) is 5.97 Å². The van der Waals surface area contributed by atoms with Gasteiger partial charge < -0.3 is 9.64 Å². The lowest BCUT2D eigenvalue weighted by Gasteiger charge is -2.23. The average molecular weight is 341 g/mol. The standard InChI is InChI=1S/C20H27N3O2/c1-3-25-20(24)10-6-4-5-7-14-23(18-9-8-13-21-16-18)19-12-11-17(2)15-22-19/h8-9,11-13,15-16H,3-7,10,14H2,1-2H3. The monoisotopic (exact) mass is 341 g/mol. The van der Waals surface area contributed by atoms with Crippen LogP contribution in [-0.4, -0.2) is 29.1 Å². The van der Waals surface area contributed by atoms with Gasteiger partial charge in [0, 0.05) is 25.4 Å². The van der Waals surface area contributed by atoms with Crippen molar-refractivity contribution < 1.29 is 9.53 Å². The summed E-state index contributed by atoms with van der Waals surface area (Å²) in [7, 11) is 0.